The lowest BCUT2D eigenvalue weighted by molar-refractivity contribution is 0.787. The topological polar surface area (TPSA) is 24.4 Å². The van der Waals surface area contributed by atoms with Crippen molar-refractivity contribution < 1.29 is 0 Å². The van der Waals surface area contributed by atoms with Gasteiger partial charge in [-0.1, -0.05) is 68.3 Å². The van der Waals surface area contributed by atoms with E-state index < -0.39 is 0 Å². The smallest absolute Gasteiger partial charge is 0.134 e. The van der Waals surface area contributed by atoms with Crippen molar-refractivity contribution in [3.05, 3.63) is 102 Å². The normalized spacial score (nSPS) is 16.1. The van der Waals surface area contributed by atoms with Crippen molar-refractivity contribution in [2.24, 2.45) is 4.99 Å². The monoisotopic (exact) mass is 358 g/mol. The molecule has 1 fully saturated rings. The summed E-state index contributed by atoms with van der Waals surface area (Å²) >= 11 is 0. The van der Waals surface area contributed by atoms with Gasteiger partial charge in [0.15, 0.2) is 0 Å². The molecule has 2 heteroatoms. The highest BCUT2D eigenvalue weighted by atomic mass is 15.1. The van der Waals surface area contributed by atoms with Crippen LogP contribution in [0.4, 0.5) is 0 Å². The maximum atomic E-state index is 4.93. The van der Waals surface area contributed by atoms with Gasteiger partial charge >= 0.3 is 0 Å². The summed E-state index contributed by atoms with van der Waals surface area (Å²) in [5, 5.41) is 3.54. The van der Waals surface area contributed by atoms with Gasteiger partial charge in [0.1, 0.15) is 5.82 Å². The first-order valence-electron chi connectivity index (χ1n) is 9.44. The van der Waals surface area contributed by atoms with Crippen molar-refractivity contribution in [2.45, 2.75) is 39.7 Å². The minimum absolute atomic E-state index is 0.492. The van der Waals surface area contributed by atoms with E-state index in [1.807, 2.05) is 45.1 Å². The van der Waals surface area contributed by atoms with Gasteiger partial charge in [-0.3, -0.25) is 0 Å². The third-order valence-electron chi connectivity index (χ3n) is 4.52. The molecular weight excluding hydrogens is 328 g/mol. The Morgan fingerprint density at radius 1 is 1.15 bits per heavy atom. The van der Waals surface area contributed by atoms with Crippen LogP contribution in [0.25, 0.3) is 5.57 Å². The highest BCUT2D eigenvalue weighted by Gasteiger charge is 2.23. The molecule has 0 amide bonds. The van der Waals surface area contributed by atoms with Crippen molar-refractivity contribution in [3.63, 3.8) is 0 Å². The first-order chi connectivity index (χ1) is 13.0. The summed E-state index contributed by atoms with van der Waals surface area (Å²) in [6, 6.07) is 8.88. The van der Waals surface area contributed by atoms with Crippen molar-refractivity contribution in [3.8, 4) is 0 Å². The minimum atomic E-state index is 0.492. The summed E-state index contributed by atoms with van der Waals surface area (Å²) in [6.45, 7) is 18.1. The van der Waals surface area contributed by atoms with Crippen LogP contribution < -0.4 is 5.32 Å². The maximum absolute atomic E-state index is 4.93. The number of nitrogens with zero attached hydrogens (tertiary/aromatic N) is 1. The molecule has 1 aromatic carbocycles. The molecule has 1 saturated carbocycles. The molecule has 0 aliphatic heterocycles. The second kappa shape index (κ2) is 9.72. The van der Waals surface area contributed by atoms with Crippen LogP contribution in [0, 0.1) is 0 Å². The largest absolute Gasteiger partial charge is 0.367 e. The fraction of sp³-hybridized carbons (Fsp3) is 0.240. The van der Waals surface area contributed by atoms with Crippen LogP contribution in [-0.2, 0) is 0 Å². The first-order valence-corrected chi connectivity index (χ1v) is 9.44. The standard InChI is InChI=1S/C25H30N2/c1-7-12-18(5)24(10-4)25(27-23-15-16-23)26-19(6)21-13-11-14-22(17-21)20(8-2)9-3/h7-14,17,23,27H,2,4-5,15-16H2,1,3,6H3/b12-7-,20-9+,25-24-,26-19+. The Morgan fingerprint density at radius 3 is 2.41 bits per heavy atom. The third-order valence-corrected chi connectivity index (χ3v) is 4.52. The molecule has 2 rings (SSSR count). The lowest BCUT2D eigenvalue weighted by atomic mass is 10.0. The fourth-order valence-corrected chi connectivity index (χ4v) is 2.82. The third kappa shape index (κ3) is 5.55. The molecule has 0 aromatic heterocycles. The van der Waals surface area contributed by atoms with Crippen LogP contribution in [0.3, 0.4) is 0 Å². The van der Waals surface area contributed by atoms with Crippen LogP contribution in [0.1, 0.15) is 44.7 Å². The molecule has 1 aliphatic carbocycles. The molecule has 0 atom stereocenters. The Balaban J connectivity index is 2.47. The van der Waals surface area contributed by atoms with Gasteiger partial charge in [-0.05, 0) is 62.0 Å². The highest BCUT2D eigenvalue weighted by Crippen LogP contribution is 2.25. The summed E-state index contributed by atoms with van der Waals surface area (Å²) in [6.07, 6.45) is 12.1. The molecule has 1 aliphatic rings. The van der Waals surface area contributed by atoms with E-state index in [1.54, 1.807) is 0 Å². The quantitative estimate of drug-likeness (QED) is 0.403. The van der Waals surface area contributed by atoms with Crippen LogP contribution in [-0.4, -0.2) is 11.8 Å². The predicted molar refractivity (Wildman–Crippen MR) is 120 cm³/mol. The molecule has 0 bridgehead atoms. The summed E-state index contributed by atoms with van der Waals surface area (Å²) < 4.78 is 0. The number of allylic oxidation sites excluding steroid dienone is 8. The van der Waals surface area contributed by atoms with E-state index in [2.05, 4.69) is 55.4 Å². The number of rotatable bonds is 9. The lowest BCUT2D eigenvalue weighted by Gasteiger charge is -2.13. The predicted octanol–water partition coefficient (Wildman–Crippen LogP) is 6.37. The number of nitrogens with one attached hydrogen (secondary N) is 1. The Morgan fingerprint density at radius 2 is 1.85 bits per heavy atom. The Labute approximate surface area is 164 Å². The molecule has 1 aromatic rings. The van der Waals surface area contributed by atoms with Gasteiger partial charge < -0.3 is 5.32 Å². The van der Waals surface area contributed by atoms with Crippen molar-refractivity contribution in [1.82, 2.24) is 5.32 Å². The van der Waals surface area contributed by atoms with E-state index >= 15 is 0 Å². The number of hydrogen-bond acceptors (Lipinski definition) is 2. The van der Waals surface area contributed by atoms with Gasteiger partial charge in [0.05, 0.1) is 0 Å². The van der Waals surface area contributed by atoms with Gasteiger partial charge in [0.25, 0.3) is 0 Å². The SMILES string of the molecule is C=C/C(=C\C)c1cccc(/C(C)=N/C(NC2CC2)=C(\C=C)C(=C)/C=C\C)c1. The Hall–Kier alpha value is -2.87. The molecule has 1 N–H and O–H groups in total. The zero-order chi connectivity index (χ0) is 19.8. The summed E-state index contributed by atoms with van der Waals surface area (Å²) in [5.74, 6) is 0.841. The number of aliphatic imine (C=N–C) groups is 1. The van der Waals surface area contributed by atoms with E-state index in [-0.39, 0.29) is 0 Å². The molecule has 0 unspecified atom stereocenters. The van der Waals surface area contributed by atoms with Crippen LogP contribution >= 0.6 is 0 Å². The second-order valence-corrected chi connectivity index (χ2v) is 6.64. The maximum Gasteiger partial charge on any atom is 0.134 e. The molecule has 0 heterocycles. The van der Waals surface area contributed by atoms with Gasteiger partial charge in [0, 0.05) is 17.3 Å². The summed E-state index contributed by atoms with van der Waals surface area (Å²) in [7, 11) is 0. The van der Waals surface area contributed by atoms with Crippen molar-refractivity contribution in [1.29, 1.82) is 0 Å². The van der Waals surface area contributed by atoms with E-state index in [9.17, 15) is 0 Å². The zero-order valence-electron chi connectivity index (χ0n) is 16.8. The average molecular weight is 359 g/mol. The molecular formula is C25H30N2. The van der Waals surface area contributed by atoms with Crippen LogP contribution in [0.5, 0.6) is 0 Å². The Bertz CT molecular complexity index is 843. The van der Waals surface area contributed by atoms with E-state index in [4.69, 9.17) is 4.99 Å². The van der Waals surface area contributed by atoms with Gasteiger partial charge in [0.2, 0.25) is 0 Å². The first kappa shape index (κ1) is 20.4. The molecule has 27 heavy (non-hydrogen) atoms. The molecule has 0 spiro atoms. The Kier molecular flexibility index (Phi) is 7.36. The van der Waals surface area contributed by atoms with E-state index in [0.717, 1.165) is 39.4 Å². The molecule has 0 saturated heterocycles. The summed E-state index contributed by atoms with van der Waals surface area (Å²) in [5.41, 5.74) is 6.14. The average Bonchev–Trinajstić information content (AvgIpc) is 3.48. The zero-order valence-corrected chi connectivity index (χ0v) is 16.8. The highest BCUT2D eigenvalue weighted by molar-refractivity contribution is 6.00. The van der Waals surface area contributed by atoms with Gasteiger partial charge in [-0.2, -0.15) is 0 Å². The lowest BCUT2D eigenvalue weighted by Crippen LogP contribution is -2.17. The summed E-state index contributed by atoms with van der Waals surface area (Å²) in [4.78, 5) is 4.93. The van der Waals surface area contributed by atoms with E-state index in [1.165, 1.54) is 12.8 Å². The van der Waals surface area contributed by atoms with Crippen LogP contribution in [0.15, 0.2) is 96.3 Å². The number of hydrogen-bond donors (Lipinski definition) is 1. The van der Waals surface area contributed by atoms with Crippen LogP contribution in [0.2, 0.25) is 0 Å². The van der Waals surface area contributed by atoms with Gasteiger partial charge in [-0.25, -0.2) is 4.99 Å². The van der Waals surface area contributed by atoms with Crippen molar-refractivity contribution in [2.75, 3.05) is 0 Å². The van der Waals surface area contributed by atoms with Gasteiger partial charge in [-0.15, -0.1) is 0 Å². The fourth-order valence-electron chi connectivity index (χ4n) is 2.82. The van der Waals surface area contributed by atoms with Crippen molar-refractivity contribution >= 4 is 11.3 Å². The molecule has 140 valence electrons. The molecule has 2 nitrogen and oxygen atoms in total. The van der Waals surface area contributed by atoms with E-state index in [0.29, 0.717) is 6.04 Å². The second-order valence-electron chi connectivity index (χ2n) is 6.64. The number of benzene rings is 1. The minimum Gasteiger partial charge on any atom is -0.367 e. The molecule has 0 radical (unpaired) electrons.